The van der Waals surface area contributed by atoms with Crippen molar-refractivity contribution >= 4 is 21.4 Å². The topological polar surface area (TPSA) is 49.4 Å². The fraction of sp³-hybridized carbons (Fsp3) is 0.692. The minimum Gasteiger partial charge on any atom is -0.312 e. The van der Waals surface area contributed by atoms with Crippen molar-refractivity contribution in [2.75, 3.05) is 13.6 Å². The Hall–Kier alpha value is -0.430. The summed E-state index contributed by atoms with van der Waals surface area (Å²) in [6.07, 6.45) is 2.30. The van der Waals surface area contributed by atoms with Gasteiger partial charge in [-0.2, -0.15) is 4.31 Å². The van der Waals surface area contributed by atoms with E-state index in [4.69, 9.17) is 0 Å². The highest BCUT2D eigenvalue weighted by molar-refractivity contribution is 7.89. The molecule has 1 fully saturated rings. The Bertz CT molecular complexity index is 521. The molecule has 0 bridgehead atoms. The predicted octanol–water partition coefficient (Wildman–Crippen LogP) is 2.28. The van der Waals surface area contributed by atoms with Crippen molar-refractivity contribution < 1.29 is 8.42 Å². The second kappa shape index (κ2) is 5.91. The molecular weight excluding hydrogens is 280 g/mol. The van der Waals surface area contributed by atoms with Crippen LogP contribution in [0.2, 0.25) is 0 Å². The predicted molar refractivity (Wildman–Crippen MR) is 78.8 cm³/mol. The molecule has 1 unspecified atom stereocenters. The first kappa shape index (κ1) is 15.0. The lowest BCUT2D eigenvalue weighted by molar-refractivity contribution is 0.357. The summed E-state index contributed by atoms with van der Waals surface area (Å²) in [6, 6.07) is 1.82. The standard InChI is InChI=1S/C13H22N2O2S2/c1-4-14-9-12-13(7-8-18-12)19(16,17)15(3)10(2)11-5-6-11/h7-8,10-11,14H,4-6,9H2,1-3H3. The molecule has 19 heavy (non-hydrogen) atoms. The second-order valence-electron chi connectivity index (χ2n) is 5.09. The number of nitrogens with one attached hydrogen (secondary N) is 1. The van der Waals surface area contributed by atoms with E-state index in [1.807, 2.05) is 19.2 Å². The summed E-state index contributed by atoms with van der Waals surface area (Å²) in [5.74, 6) is 0.538. The molecule has 0 saturated heterocycles. The van der Waals surface area contributed by atoms with Crippen LogP contribution in [0.3, 0.4) is 0 Å². The van der Waals surface area contributed by atoms with Gasteiger partial charge in [0.15, 0.2) is 0 Å². The monoisotopic (exact) mass is 302 g/mol. The first-order valence-corrected chi connectivity index (χ1v) is 9.05. The van der Waals surface area contributed by atoms with Gasteiger partial charge in [0, 0.05) is 24.5 Å². The average Bonchev–Trinajstić information content (AvgIpc) is 3.12. The van der Waals surface area contributed by atoms with Gasteiger partial charge in [0.25, 0.3) is 0 Å². The van der Waals surface area contributed by atoms with E-state index in [9.17, 15) is 8.42 Å². The summed E-state index contributed by atoms with van der Waals surface area (Å²) in [6.45, 7) is 5.48. The van der Waals surface area contributed by atoms with Crippen LogP contribution in [-0.4, -0.2) is 32.4 Å². The third kappa shape index (κ3) is 3.18. The van der Waals surface area contributed by atoms with E-state index in [-0.39, 0.29) is 6.04 Å². The fourth-order valence-electron chi connectivity index (χ4n) is 2.18. The molecule has 0 aromatic carbocycles. The van der Waals surface area contributed by atoms with Crippen LogP contribution >= 0.6 is 11.3 Å². The molecule has 1 saturated carbocycles. The summed E-state index contributed by atoms with van der Waals surface area (Å²) in [7, 11) is -1.66. The quantitative estimate of drug-likeness (QED) is 0.840. The Morgan fingerprint density at radius 3 is 2.79 bits per heavy atom. The number of hydrogen-bond acceptors (Lipinski definition) is 4. The van der Waals surface area contributed by atoms with Gasteiger partial charge in [0.05, 0.1) is 4.90 Å². The van der Waals surface area contributed by atoms with Gasteiger partial charge in [-0.15, -0.1) is 11.3 Å². The third-order valence-corrected chi connectivity index (χ3v) is 6.85. The lowest BCUT2D eigenvalue weighted by Gasteiger charge is -2.24. The van der Waals surface area contributed by atoms with Crippen molar-refractivity contribution in [3.63, 3.8) is 0 Å². The van der Waals surface area contributed by atoms with Crippen molar-refractivity contribution in [3.8, 4) is 0 Å². The first-order valence-electron chi connectivity index (χ1n) is 6.73. The van der Waals surface area contributed by atoms with Crippen LogP contribution in [0.4, 0.5) is 0 Å². The lowest BCUT2D eigenvalue weighted by Crippen LogP contribution is -2.36. The van der Waals surface area contributed by atoms with Crippen molar-refractivity contribution in [2.45, 2.75) is 44.2 Å². The van der Waals surface area contributed by atoms with Crippen LogP contribution in [0.25, 0.3) is 0 Å². The molecule has 0 radical (unpaired) electrons. The normalized spacial score (nSPS) is 17.9. The van der Waals surface area contributed by atoms with Crippen LogP contribution in [0.15, 0.2) is 16.3 Å². The molecule has 0 amide bonds. The molecule has 6 heteroatoms. The zero-order valence-electron chi connectivity index (χ0n) is 11.7. The zero-order valence-corrected chi connectivity index (χ0v) is 13.4. The highest BCUT2D eigenvalue weighted by Gasteiger charge is 2.36. The van der Waals surface area contributed by atoms with Gasteiger partial charge < -0.3 is 5.32 Å². The maximum atomic E-state index is 12.7. The highest BCUT2D eigenvalue weighted by atomic mass is 32.2. The maximum absolute atomic E-state index is 12.7. The minimum absolute atomic E-state index is 0.0943. The molecule has 0 aliphatic heterocycles. The van der Waals surface area contributed by atoms with Crippen LogP contribution in [-0.2, 0) is 16.6 Å². The molecule has 0 spiro atoms. The van der Waals surface area contributed by atoms with Gasteiger partial charge in [-0.1, -0.05) is 6.92 Å². The van der Waals surface area contributed by atoms with Crippen molar-refractivity contribution in [1.82, 2.24) is 9.62 Å². The Morgan fingerprint density at radius 2 is 2.21 bits per heavy atom. The number of hydrogen-bond donors (Lipinski definition) is 1. The molecule has 1 aliphatic rings. The molecule has 1 aromatic rings. The number of sulfonamides is 1. The average molecular weight is 302 g/mol. The maximum Gasteiger partial charge on any atom is 0.244 e. The largest absolute Gasteiger partial charge is 0.312 e. The number of rotatable bonds is 7. The Labute approximate surface area is 119 Å². The molecule has 1 aromatic heterocycles. The van der Waals surface area contributed by atoms with Crippen molar-refractivity contribution in [3.05, 3.63) is 16.3 Å². The third-order valence-electron chi connectivity index (χ3n) is 3.77. The summed E-state index contributed by atoms with van der Waals surface area (Å²) in [5.41, 5.74) is 0. The van der Waals surface area contributed by atoms with Gasteiger partial charge in [0.2, 0.25) is 10.0 Å². The molecule has 1 aliphatic carbocycles. The minimum atomic E-state index is -3.36. The molecule has 2 rings (SSSR count). The van der Waals surface area contributed by atoms with Crippen molar-refractivity contribution in [1.29, 1.82) is 0 Å². The van der Waals surface area contributed by atoms with E-state index in [0.717, 1.165) is 24.3 Å². The summed E-state index contributed by atoms with van der Waals surface area (Å²) in [5, 5.41) is 5.05. The smallest absolute Gasteiger partial charge is 0.244 e. The van der Waals surface area contributed by atoms with E-state index in [1.165, 1.54) is 11.3 Å². The van der Waals surface area contributed by atoms with E-state index in [1.54, 1.807) is 17.4 Å². The van der Waals surface area contributed by atoms with Gasteiger partial charge >= 0.3 is 0 Å². The van der Waals surface area contributed by atoms with Gasteiger partial charge in [-0.3, -0.25) is 0 Å². The van der Waals surface area contributed by atoms with Crippen LogP contribution in [0, 0.1) is 5.92 Å². The fourth-order valence-corrected chi connectivity index (χ4v) is 4.98. The second-order valence-corrected chi connectivity index (χ2v) is 8.05. The number of thiophene rings is 1. The van der Waals surface area contributed by atoms with E-state index in [0.29, 0.717) is 17.4 Å². The summed E-state index contributed by atoms with van der Waals surface area (Å²) >= 11 is 1.50. The van der Waals surface area contributed by atoms with Gasteiger partial charge in [-0.05, 0) is 43.7 Å². The Kier molecular flexibility index (Phi) is 4.66. The first-order chi connectivity index (χ1) is 8.98. The number of nitrogens with zero attached hydrogens (tertiary/aromatic N) is 1. The van der Waals surface area contributed by atoms with Crippen LogP contribution < -0.4 is 5.32 Å². The Balaban J connectivity index is 2.20. The lowest BCUT2D eigenvalue weighted by atomic mass is 10.2. The van der Waals surface area contributed by atoms with Crippen LogP contribution in [0.1, 0.15) is 31.6 Å². The Morgan fingerprint density at radius 1 is 1.53 bits per heavy atom. The zero-order chi connectivity index (χ0) is 14.0. The summed E-state index contributed by atoms with van der Waals surface area (Å²) in [4.78, 5) is 1.37. The molecule has 1 atom stereocenters. The molecule has 1 heterocycles. The molecule has 108 valence electrons. The van der Waals surface area contributed by atoms with Gasteiger partial charge in [0.1, 0.15) is 0 Å². The van der Waals surface area contributed by atoms with Gasteiger partial charge in [-0.25, -0.2) is 8.42 Å². The van der Waals surface area contributed by atoms with Crippen LogP contribution in [0.5, 0.6) is 0 Å². The SMILES string of the molecule is CCNCc1sccc1S(=O)(=O)N(C)C(C)C1CC1. The highest BCUT2D eigenvalue weighted by Crippen LogP contribution is 2.37. The summed E-state index contributed by atoms with van der Waals surface area (Å²) < 4.78 is 26.9. The van der Waals surface area contributed by atoms with E-state index >= 15 is 0 Å². The van der Waals surface area contributed by atoms with E-state index < -0.39 is 10.0 Å². The molecule has 4 nitrogen and oxygen atoms in total. The van der Waals surface area contributed by atoms with E-state index in [2.05, 4.69) is 5.32 Å². The molecule has 1 N–H and O–H groups in total. The molecular formula is C13H22N2O2S2. The van der Waals surface area contributed by atoms with Crippen molar-refractivity contribution in [2.24, 2.45) is 5.92 Å².